The van der Waals surface area contributed by atoms with E-state index in [1.807, 2.05) is 19.1 Å². The highest BCUT2D eigenvalue weighted by atomic mass is 127. The first-order valence-corrected chi connectivity index (χ1v) is 5.13. The maximum absolute atomic E-state index is 5.65. The molecule has 0 radical (unpaired) electrons. The van der Waals surface area contributed by atoms with Crippen LogP contribution in [-0.2, 0) is 0 Å². The summed E-state index contributed by atoms with van der Waals surface area (Å²) in [5, 5.41) is 0. The van der Waals surface area contributed by atoms with Gasteiger partial charge in [0.05, 0.1) is 11.8 Å². The minimum absolute atomic E-state index is 0.463. The smallest absolute Gasteiger partial charge is 0.140 e. The zero-order valence-electron chi connectivity index (χ0n) is 6.88. The molecular weight excluding hydrogens is 265 g/mol. The van der Waals surface area contributed by atoms with Crippen LogP contribution in [0.1, 0.15) is 18.5 Å². The number of ether oxygens (including phenoxy) is 1. The molecule has 0 bridgehead atoms. The molecule has 0 N–H and O–H groups in total. The maximum atomic E-state index is 5.65. The molecule has 0 aliphatic heterocycles. The number of hydrogen-bond donors (Lipinski definition) is 0. The SMILES string of the molecule is Cc1nc(I)ccc1OC1CC1. The molecule has 1 aromatic rings. The number of hydrogen-bond acceptors (Lipinski definition) is 2. The second-order valence-corrected chi connectivity index (χ2v) is 4.14. The fourth-order valence-corrected chi connectivity index (χ4v) is 1.55. The topological polar surface area (TPSA) is 22.1 Å². The predicted octanol–water partition coefficient (Wildman–Crippen LogP) is 2.54. The third kappa shape index (κ3) is 1.88. The van der Waals surface area contributed by atoms with Gasteiger partial charge in [-0.3, -0.25) is 0 Å². The van der Waals surface area contributed by atoms with Gasteiger partial charge in [-0.1, -0.05) is 0 Å². The van der Waals surface area contributed by atoms with Crippen molar-refractivity contribution < 1.29 is 4.74 Å². The van der Waals surface area contributed by atoms with E-state index in [1.54, 1.807) is 0 Å². The number of halogens is 1. The summed E-state index contributed by atoms with van der Waals surface area (Å²) in [6.07, 6.45) is 2.86. The molecule has 0 spiro atoms. The van der Waals surface area contributed by atoms with Gasteiger partial charge < -0.3 is 4.74 Å². The zero-order valence-corrected chi connectivity index (χ0v) is 9.04. The Hall–Kier alpha value is -0.320. The molecule has 1 heterocycles. The van der Waals surface area contributed by atoms with Gasteiger partial charge in [0.15, 0.2) is 0 Å². The van der Waals surface area contributed by atoms with Gasteiger partial charge in [0.2, 0.25) is 0 Å². The fourth-order valence-electron chi connectivity index (χ4n) is 1.01. The predicted molar refractivity (Wildman–Crippen MR) is 55.3 cm³/mol. The van der Waals surface area contributed by atoms with Crippen LogP contribution in [0.15, 0.2) is 12.1 Å². The molecule has 0 atom stereocenters. The second-order valence-electron chi connectivity index (χ2n) is 3.03. The van der Waals surface area contributed by atoms with E-state index in [2.05, 4.69) is 27.6 Å². The van der Waals surface area contributed by atoms with Crippen molar-refractivity contribution in [1.82, 2.24) is 4.98 Å². The summed E-state index contributed by atoms with van der Waals surface area (Å²) in [7, 11) is 0. The molecule has 1 fully saturated rings. The Morgan fingerprint density at radius 1 is 1.50 bits per heavy atom. The van der Waals surface area contributed by atoms with E-state index >= 15 is 0 Å². The molecule has 0 amide bonds. The summed E-state index contributed by atoms with van der Waals surface area (Å²) in [6, 6.07) is 3.98. The Morgan fingerprint density at radius 3 is 2.83 bits per heavy atom. The molecule has 0 saturated heterocycles. The number of aromatic nitrogens is 1. The zero-order chi connectivity index (χ0) is 8.55. The highest BCUT2D eigenvalue weighted by molar-refractivity contribution is 14.1. The lowest BCUT2D eigenvalue weighted by atomic mass is 10.3. The third-order valence-electron chi connectivity index (χ3n) is 1.82. The lowest BCUT2D eigenvalue weighted by Crippen LogP contribution is -1.99. The molecule has 64 valence electrons. The number of rotatable bonds is 2. The van der Waals surface area contributed by atoms with Crippen LogP contribution in [0.5, 0.6) is 5.75 Å². The highest BCUT2D eigenvalue weighted by Gasteiger charge is 2.24. The molecule has 2 nitrogen and oxygen atoms in total. The van der Waals surface area contributed by atoms with Crippen molar-refractivity contribution in [3.8, 4) is 5.75 Å². The van der Waals surface area contributed by atoms with Crippen molar-refractivity contribution >= 4 is 22.6 Å². The maximum Gasteiger partial charge on any atom is 0.140 e. The lowest BCUT2D eigenvalue weighted by Gasteiger charge is -2.06. The van der Waals surface area contributed by atoms with Crippen LogP contribution in [0.4, 0.5) is 0 Å². The minimum Gasteiger partial charge on any atom is -0.489 e. The van der Waals surface area contributed by atoms with Crippen molar-refractivity contribution in [2.75, 3.05) is 0 Å². The average Bonchev–Trinajstić information content (AvgIpc) is 2.79. The van der Waals surface area contributed by atoms with Gasteiger partial charge in [0.25, 0.3) is 0 Å². The van der Waals surface area contributed by atoms with Crippen LogP contribution >= 0.6 is 22.6 Å². The summed E-state index contributed by atoms with van der Waals surface area (Å²) in [4.78, 5) is 4.32. The van der Waals surface area contributed by atoms with Gasteiger partial charge in [0.1, 0.15) is 9.45 Å². The monoisotopic (exact) mass is 275 g/mol. The van der Waals surface area contributed by atoms with Crippen LogP contribution in [0.25, 0.3) is 0 Å². The standard InChI is InChI=1S/C9H10INO/c1-6-8(12-7-2-3-7)4-5-9(10)11-6/h4-5,7H,2-3H2,1H3. The molecule has 0 aromatic carbocycles. The van der Waals surface area contributed by atoms with Gasteiger partial charge in [0, 0.05) is 0 Å². The normalized spacial score (nSPS) is 16.2. The van der Waals surface area contributed by atoms with Gasteiger partial charge >= 0.3 is 0 Å². The number of nitrogens with zero attached hydrogens (tertiary/aromatic N) is 1. The van der Waals surface area contributed by atoms with E-state index in [0.29, 0.717) is 6.10 Å². The van der Waals surface area contributed by atoms with Crippen molar-refractivity contribution in [2.24, 2.45) is 0 Å². The van der Waals surface area contributed by atoms with Crippen LogP contribution in [0.3, 0.4) is 0 Å². The van der Waals surface area contributed by atoms with Crippen LogP contribution in [-0.4, -0.2) is 11.1 Å². The van der Waals surface area contributed by atoms with Gasteiger partial charge in [-0.05, 0) is 54.5 Å². The average molecular weight is 275 g/mol. The van der Waals surface area contributed by atoms with Crippen LogP contribution in [0, 0.1) is 10.6 Å². The van der Waals surface area contributed by atoms with E-state index < -0.39 is 0 Å². The van der Waals surface area contributed by atoms with Gasteiger partial charge in [-0.25, -0.2) is 4.98 Å². The van der Waals surface area contributed by atoms with Crippen molar-refractivity contribution in [3.63, 3.8) is 0 Å². The molecular formula is C9H10INO. The highest BCUT2D eigenvalue weighted by Crippen LogP contribution is 2.28. The lowest BCUT2D eigenvalue weighted by molar-refractivity contribution is 0.299. The molecule has 2 rings (SSSR count). The summed E-state index contributed by atoms with van der Waals surface area (Å²) in [5.41, 5.74) is 0.994. The second kappa shape index (κ2) is 3.20. The first-order chi connectivity index (χ1) is 5.75. The Kier molecular flexibility index (Phi) is 2.21. The van der Waals surface area contributed by atoms with E-state index in [4.69, 9.17) is 4.74 Å². The quantitative estimate of drug-likeness (QED) is 0.611. The number of aryl methyl sites for hydroxylation is 1. The van der Waals surface area contributed by atoms with Crippen molar-refractivity contribution in [3.05, 3.63) is 21.5 Å². The molecule has 1 aliphatic rings. The molecule has 3 heteroatoms. The minimum atomic E-state index is 0.463. The van der Waals surface area contributed by atoms with Crippen LogP contribution < -0.4 is 4.74 Å². The summed E-state index contributed by atoms with van der Waals surface area (Å²) < 4.78 is 6.67. The summed E-state index contributed by atoms with van der Waals surface area (Å²) >= 11 is 2.20. The first-order valence-electron chi connectivity index (χ1n) is 4.05. The summed E-state index contributed by atoms with van der Waals surface area (Å²) in [6.45, 7) is 1.99. The molecule has 0 unspecified atom stereocenters. The molecule has 12 heavy (non-hydrogen) atoms. The third-order valence-corrected chi connectivity index (χ3v) is 2.42. The fraction of sp³-hybridized carbons (Fsp3) is 0.444. The number of pyridine rings is 1. The summed E-state index contributed by atoms with van der Waals surface area (Å²) in [5.74, 6) is 0.943. The van der Waals surface area contributed by atoms with Crippen LogP contribution in [0.2, 0.25) is 0 Å². The van der Waals surface area contributed by atoms with Crippen molar-refractivity contribution in [2.45, 2.75) is 25.9 Å². The Bertz CT molecular complexity index is 297. The first kappa shape index (κ1) is 8.29. The van der Waals surface area contributed by atoms with E-state index in [0.717, 1.165) is 15.1 Å². The van der Waals surface area contributed by atoms with E-state index in [1.165, 1.54) is 12.8 Å². The molecule has 1 aromatic heterocycles. The largest absolute Gasteiger partial charge is 0.489 e. The van der Waals surface area contributed by atoms with E-state index in [-0.39, 0.29) is 0 Å². The Labute approximate surface area is 85.5 Å². The molecule has 1 aliphatic carbocycles. The van der Waals surface area contributed by atoms with Gasteiger partial charge in [-0.15, -0.1) is 0 Å². The van der Waals surface area contributed by atoms with Gasteiger partial charge in [-0.2, -0.15) is 0 Å². The van der Waals surface area contributed by atoms with E-state index in [9.17, 15) is 0 Å². The Balaban J connectivity index is 2.18. The molecule has 1 saturated carbocycles. The Morgan fingerprint density at radius 2 is 2.25 bits per heavy atom. The van der Waals surface area contributed by atoms with Crippen molar-refractivity contribution in [1.29, 1.82) is 0 Å².